The van der Waals surface area contributed by atoms with E-state index in [1.165, 1.54) is 18.2 Å². The van der Waals surface area contributed by atoms with Gasteiger partial charge in [-0.1, -0.05) is 29.8 Å². The van der Waals surface area contributed by atoms with Gasteiger partial charge in [0.15, 0.2) is 6.29 Å². The maximum Gasteiger partial charge on any atom is 0.408 e. The van der Waals surface area contributed by atoms with Crippen molar-refractivity contribution in [3.8, 4) is 0 Å². The highest BCUT2D eigenvalue weighted by Crippen LogP contribution is 2.33. The predicted molar refractivity (Wildman–Crippen MR) is 89.6 cm³/mol. The number of carbonyl (C=O) groups excluding carboxylic acids is 2. The van der Waals surface area contributed by atoms with Gasteiger partial charge in [0.05, 0.1) is 0 Å². The maximum absolute atomic E-state index is 13.5. The van der Waals surface area contributed by atoms with E-state index < -0.39 is 30.6 Å². The zero-order valence-corrected chi connectivity index (χ0v) is 14.7. The molecule has 27 heavy (non-hydrogen) atoms. The molecule has 10 heteroatoms. The third-order valence-corrected chi connectivity index (χ3v) is 4.57. The minimum Gasteiger partial charge on any atom is -0.381 e. The summed E-state index contributed by atoms with van der Waals surface area (Å²) >= 11 is 0. The standard InChI is InChI=1S/C17H21F3N4O3/c1-10-3-2-4-11(9-10)13(17(18,19)20)21-14-22-15(25)24(16(26)23-14)12-5-7-27-8-6-12/h2-4,9,12-14,21H,5-8H2,1H3,(H,22,25)(H,23,26)/t13-/m1/s1. The first-order valence-corrected chi connectivity index (χ1v) is 8.63. The largest absolute Gasteiger partial charge is 0.408 e. The van der Waals surface area contributed by atoms with Gasteiger partial charge in [-0.3, -0.25) is 5.32 Å². The molecule has 2 aliphatic rings. The number of imide groups is 1. The summed E-state index contributed by atoms with van der Waals surface area (Å²) < 4.78 is 45.8. The van der Waals surface area contributed by atoms with E-state index in [0.29, 0.717) is 31.6 Å². The molecule has 2 heterocycles. The van der Waals surface area contributed by atoms with E-state index in [0.717, 1.165) is 4.90 Å². The molecular formula is C17H21F3N4O3. The van der Waals surface area contributed by atoms with Crippen molar-refractivity contribution in [3.63, 3.8) is 0 Å². The van der Waals surface area contributed by atoms with Gasteiger partial charge in [0.2, 0.25) is 0 Å². The van der Waals surface area contributed by atoms with Crippen LogP contribution in [0.25, 0.3) is 0 Å². The number of rotatable bonds is 4. The first-order valence-electron chi connectivity index (χ1n) is 8.63. The topological polar surface area (TPSA) is 82.7 Å². The number of amides is 4. The van der Waals surface area contributed by atoms with Crippen LogP contribution in [0, 0.1) is 6.92 Å². The molecule has 1 aromatic rings. The average molecular weight is 386 g/mol. The summed E-state index contributed by atoms with van der Waals surface area (Å²) in [5.74, 6) is 0. The Kier molecular flexibility index (Phi) is 5.56. The molecule has 1 aromatic carbocycles. The van der Waals surface area contributed by atoms with Gasteiger partial charge in [0.25, 0.3) is 0 Å². The molecule has 0 bridgehead atoms. The molecule has 0 aliphatic carbocycles. The van der Waals surface area contributed by atoms with Gasteiger partial charge < -0.3 is 15.4 Å². The van der Waals surface area contributed by atoms with Crippen molar-refractivity contribution in [1.29, 1.82) is 0 Å². The van der Waals surface area contributed by atoms with Crippen molar-refractivity contribution in [2.45, 2.75) is 44.3 Å². The van der Waals surface area contributed by atoms with Crippen molar-refractivity contribution >= 4 is 12.1 Å². The van der Waals surface area contributed by atoms with Crippen LogP contribution in [0.3, 0.4) is 0 Å². The number of benzene rings is 1. The summed E-state index contributed by atoms with van der Waals surface area (Å²) in [6, 6.07) is 2.13. The van der Waals surface area contributed by atoms with Crippen LogP contribution < -0.4 is 16.0 Å². The van der Waals surface area contributed by atoms with E-state index in [4.69, 9.17) is 4.74 Å². The van der Waals surface area contributed by atoms with E-state index in [1.807, 2.05) is 0 Å². The predicted octanol–water partition coefficient (Wildman–Crippen LogP) is 2.39. The summed E-state index contributed by atoms with van der Waals surface area (Å²) in [5.41, 5.74) is 0.670. The van der Waals surface area contributed by atoms with Crippen LogP contribution >= 0.6 is 0 Å². The van der Waals surface area contributed by atoms with Gasteiger partial charge in [-0.2, -0.15) is 13.2 Å². The summed E-state index contributed by atoms with van der Waals surface area (Å²) in [6.07, 6.45) is -4.96. The molecule has 0 saturated carbocycles. The Morgan fingerprint density at radius 3 is 2.37 bits per heavy atom. The molecule has 1 atom stereocenters. The van der Waals surface area contributed by atoms with Crippen LogP contribution in [0.2, 0.25) is 0 Å². The molecule has 7 nitrogen and oxygen atoms in total. The third kappa shape index (κ3) is 4.51. The minimum atomic E-state index is -4.61. The number of hydrogen-bond acceptors (Lipinski definition) is 4. The number of nitrogens with zero attached hydrogens (tertiary/aromatic N) is 1. The summed E-state index contributed by atoms with van der Waals surface area (Å²) in [7, 11) is 0. The van der Waals surface area contributed by atoms with Gasteiger partial charge in [0, 0.05) is 19.3 Å². The van der Waals surface area contributed by atoms with Crippen LogP contribution in [-0.2, 0) is 4.74 Å². The van der Waals surface area contributed by atoms with Crippen molar-refractivity contribution in [1.82, 2.24) is 20.9 Å². The molecule has 2 fully saturated rings. The lowest BCUT2D eigenvalue weighted by Gasteiger charge is -2.39. The van der Waals surface area contributed by atoms with Crippen LogP contribution in [0.15, 0.2) is 24.3 Å². The number of halogens is 3. The van der Waals surface area contributed by atoms with Gasteiger partial charge in [-0.25, -0.2) is 14.5 Å². The quantitative estimate of drug-likeness (QED) is 0.742. The van der Waals surface area contributed by atoms with E-state index >= 15 is 0 Å². The first kappa shape index (κ1) is 19.4. The second kappa shape index (κ2) is 7.73. The molecule has 0 aromatic heterocycles. The number of aryl methyl sites for hydroxylation is 1. The van der Waals surface area contributed by atoms with Crippen molar-refractivity contribution in [2.24, 2.45) is 0 Å². The molecule has 0 unspecified atom stereocenters. The van der Waals surface area contributed by atoms with Crippen LogP contribution in [-0.4, -0.2) is 48.7 Å². The number of carbonyl (C=O) groups is 2. The monoisotopic (exact) mass is 386 g/mol. The lowest BCUT2D eigenvalue weighted by molar-refractivity contribution is -0.160. The lowest BCUT2D eigenvalue weighted by atomic mass is 10.0. The normalized spacial score (nSPS) is 21.0. The molecular weight excluding hydrogens is 365 g/mol. The molecule has 3 N–H and O–H groups in total. The van der Waals surface area contributed by atoms with Crippen LogP contribution in [0.5, 0.6) is 0 Å². The number of ether oxygens (including phenoxy) is 1. The fourth-order valence-electron chi connectivity index (χ4n) is 3.27. The number of urea groups is 2. The van der Waals surface area contributed by atoms with Gasteiger partial charge in [-0.05, 0) is 25.3 Å². The third-order valence-electron chi connectivity index (χ3n) is 4.57. The Labute approximate surface area is 154 Å². The summed E-state index contributed by atoms with van der Waals surface area (Å²) in [4.78, 5) is 25.7. The molecule has 3 rings (SSSR count). The maximum atomic E-state index is 13.5. The highest BCUT2D eigenvalue weighted by molar-refractivity contribution is 5.96. The SMILES string of the molecule is Cc1cccc([C@@H](NC2NC(=O)N(C3CCOCC3)C(=O)N2)C(F)(F)F)c1. The molecule has 4 amide bonds. The Bertz CT molecular complexity index is 689. The lowest BCUT2D eigenvalue weighted by Crippen LogP contribution is -2.70. The molecule has 0 spiro atoms. The van der Waals surface area contributed by atoms with Crippen molar-refractivity contribution < 1.29 is 27.5 Å². The highest BCUT2D eigenvalue weighted by Gasteiger charge is 2.44. The van der Waals surface area contributed by atoms with Gasteiger partial charge in [0.1, 0.15) is 6.04 Å². The van der Waals surface area contributed by atoms with E-state index in [2.05, 4.69) is 16.0 Å². The first-order chi connectivity index (χ1) is 12.8. The second-order valence-corrected chi connectivity index (χ2v) is 6.60. The zero-order valence-electron chi connectivity index (χ0n) is 14.7. The summed E-state index contributed by atoms with van der Waals surface area (Å²) in [6.45, 7) is 2.53. The second-order valence-electron chi connectivity index (χ2n) is 6.60. The van der Waals surface area contributed by atoms with Crippen molar-refractivity contribution in [2.75, 3.05) is 13.2 Å². The van der Waals surface area contributed by atoms with Crippen LogP contribution in [0.1, 0.15) is 30.0 Å². The number of alkyl halides is 3. The number of nitrogens with one attached hydrogen (secondary N) is 3. The Morgan fingerprint density at radius 2 is 1.81 bits per heavy atom. The van der Waals surface area contributed by atoms with E-state index in [9.17, 15) is 22.8 Å². The molecule has 2 saturated heterocycles. The fourth-order valence-corrected chi connectivity index (χ4v) is 3.27. The Balaban J connectivity index is 1.73. The number of hydrogen-bond donors (Lipinski definition) is 3. The molecule has 2 aliphatic heterocycles. The highest BCUT2D eigenvalue weighted by atomic mass is 19.4. The fraction of sp³-hybridized carbons (Fsp3) is 0.529. The van der Waals surface area contributed by atoms with Crippen LogP contribution in [0.4, 0.5) is 22.8 Å². The van der Waals surface area contributed by atoms with Gasteiger partial charge >= 0.3 is 18.2 Å². The van der Waals surface area contributed by atoms with Crippen molar-refractivity contribution in [3.05, 3.63) is 35.4 Å². The van der Waals surface area contributed by atoms with E-state index in [1.54, 1.807) is 13.0 Å². The smallest absolute Gasteiger partial charge is 0.381 e. The average Bonchev–Trinajstić information content (AvgIpc) is 2.59. The minimum absolute atomic E-state index is 0.00198. The Morgan fingerprint density at radius 1 is 1.19 bits per heavy atom. The zero-order chi connectivity index (χ0) is 19.6. The van der Waals surface area contributed by atoms with E-state index in [-0.39, 0.29) is 11.6 Å². The van der Waals surface area contributed by atoms with Gasteiger partial charge in [-0.15, -0.1) is 0 Å². The Hall–Kier alpha value is -2.33. The molecule has 148 valence electrons. The summed E-state index contributed by atoms with van der Waals surface area (Å²) in [5, 5.41) is 7.05. The molecule has 0 radical (unpaired) electrons.